The van der Waals surface area contributed by atoms with Gasteiger partial charge in [-0.05, 0) is 13.3 Å². The van der Waals surface area contributed by atoms with Crippen molar-refractivity contribution in [1.82, 2.24) is 4.98 Å². The molecule has 1 aliphatic rings. The Labute approximate surface area is 128 Å². The summed E-state index contributed by atoms with van der Waals surface area (Å²) in [6.07, 6.45) is 2.08. The molecule has 3 rings (SSSR count). The summed E-state index contributed by atoms with van der Waals surface area (Å²) in [5.74, 6) is 0. The number of thiazole rings is 1. The van der Waals surface area contributed by atoms with Gasteiger partial charge in [-0.2, -0.15) is 0 Å². The number of benzene rings is 1. The number of ether oxygens (including phenoxy) is 1. The van der Waals surface area contributed by atoms with Crippen molar-refractivity contribution in [3.8, 4) is 11.3 Å². The maximum atomic E-state index is 11.3. The summed E-state index contributed by atoms with van der Waals surface area (Å²) in [6, 6.07) is 10.2. The van der Waals surface area contributed by atoms with Crippen molar-refractivity contribution in [2.45, 2.75) is 25.5 Å². The average molecular weight is 302 g/mol. The lowest BCUT2D eigenvalue weighted by atomic mass is 10.1. The number of carbonyl (C=O) groups is 1. The molecule has 2 heterocycles. The van der Waals surface area contributed by atoms with E-state index in [2.05, 4.69) is 16.8 Å². The van der Waals surface area contributed by atoms with E-state index >= 15 is 0 Å². The minimum absolute atomic E-state index is 0.193. The minimum Gasteiger partial charge on any atom is -0.376 e. The summed E-state index contributed by atoms with van der Waals surface area (Å²) in [4.78, 5) is 18.9. The van der Waals surface area contributed by atoms with Crippen molar-refractivity contribution in [2.75, 3.05) is 18.6 Å². The zero-order valence-electron chi connectivity index (χ0n) is 12.2. The number of rotatable bonds is 4. The molecule has 0 aliphatic carbocycles. The van der Waals surface area contributed by atoms with E-state index < -0.39 is 0 Å². The van der Waals surface area contributed by atoms with Crippen molar-refractivity contribution in [3.05, 3.63) is 35.2 Å². The number of hydrogen-bond donors (Lipinski definition) is 0. The Balaban J connectivity index is 1.94. The predicted molar refractivity (Wildman–Crippen MR) is 85.2 cm³/mol. The van der Waals surface area contributed by atoms with Crippen LogP contribution in [0.2, 0.25) is 0 Å². The van der Waals surface area contributed by atoms with E-state index in [0.717, 1.165) is 35.7 Å². The first kappa shape index (κ1) is 14.2. The molecule has 110 valence electrons. The molecular formula is C16H18N2O2S. The molecule has 5 heteroatoms. The van der Waals surface area contributed by atoms with Crippen molar-refractivity contribution >= 4 is 22.8 Å². The Hall–Kier alpha value is -1.72. The van der Waals surface area contributed by atoms with E-state index in [4.69, 9.17) is 4.74 Å². The van der Waals surface area contributed by atoms with Crippen LogP contribution in [0.1, 0.15) is 23.0 Å². The quantitative estimate of drug-likeness (QED) is 0.813. The third-order valence-electron chi connectivity index (χ3n) is 3.93. The highest BCUT2D eigenvalue weighted by Crippen LogP contribution is 2.34. The van der Waals surface area contributed by atoms with E-state index in [1.165, 1.54) is 11.3 Å². The maximum Gasteiger partial charge on any atom is 0.186 e. The fourth-order valence-corrected chi connectivity index (χ4v) is 3.65. The molecule has 1 aromatic carbocycles. The van der Waals surface area contributed by atoms with Crippen LogP contribution >= 0.6 is 11.3 Å². The highest BCUT2D eigenvalue weighted by molar-refractivity contribution is 7.17. The smallest absolute Gasteiger partial charge is 0.186 e. The number of aromatic nitrogens is 1. The number of likely N-dealkylation sites (N-methyl/N-ethyl adjacent to an activating group) is 1. The summed E-state index contributed by atoms with van der Waals surface area (Å²) in [5, 5.41) is 0.873. The zero-order chi connectivity index (χ0) is 14.8. The highest BCUT2D eigenvalue weighted by Gasteiger charge is 2.30. The minimum atomic E-state index is 0.193. The number of carbonyl (C=O) groups excluding carboxylic acids is 1. The third kappa shape index (κ3) is 2.71. The van der Waals surface area contributed by atoms with E-state index in [9.17, 15) is 4.79 Å². The number of hydrogen-bond acceptors (Lipinski definition) is 5. The van der Waals surface area contributed by atoms with E-state index in [1.54, 1.807) is 0 Å². The molecule has 2 aromatic rings. The Kier molecular flexibility index (Phi) is 4.03. The Morgan fingerprint density at radius 2 is 2.14 bits per heavy atom. The van der Waals surface area contributed by atoms with Gasteiger partial charge in [0.1, 0.15) is 0 Å². The molecule has 21 heavy (non-hydrogen) atoms. The van der Waals surface area contributed by atoms with Gasteiger partial charge in [0.05, 0.1) is 22.7 Å². The molecule has 2 atom stereocenters. The Bertz CT molecular complexity index is 626. The van der Waals surface area contributed by atoms with Gasteiger partial charge in [0.15, 0.2) is 11.4 Å². The second kappa shape index (κ2) is 5.95. The van der Waals surface area contributed by atoms with Crippen LogP contribution in [0.15, 0.2) is 30.3 Å². The van der Waals surface area contributed by atoms with Gasteiger partial charge in [-0.3, -0.25) is 4.79 Å². The van der Waals surface area contributed by atoms with Crippen molar-refractivity contribution in [1.29, 1.82) is 0 Å². The zero-order valence-corrected chi connectivity index (χ0v) is 13.0. The van der Waals surface area contributed by atoms with E-state index in [0.29, 0.717) is 10.9 Å². The molecule has 0 spiro atoms. The van der Waals surface area contributed by atoms with Gasteiger partial charge >= 0.3 is 0 Å². The van der Waals surface area contributed by atoms with Crippen LogP contribution in [-0.4, -0.2) is 37.1 Å². The lowest BCUT2D eigenvalue weighted by Crippen LogP contribution is -2.36. The van der Waals surface area contributed by atoms with Crippen LogP contribution in [0.3, 0.4) is 0 Å². The average Bonchev–Trinajstić information content (AvgIpc) is 3.13. The van der Waals surface area contributed by atoms with Crippen molar-refractivity contribution in [2.24, 2.45) is 0 Å². The first-order valence-corrected chi connectivity index (χ1v) is 7.88. The molecule has 0 radical (unpaired) electrons. The largest absolute Gasteiger partial charge is 0.376 e. The lowest BCUT2D eigenvalue weighted by Gasteiger charge is -2.26. The summed E-state index contributed by atoms with van der Waals surface area (Å²) in [7, 11) is 2.03. The molecule has 1 fully saturated rings. The van der Waals surface area contributed by atoms with Crippen LogP contribution in [0.5, 0.6) is 0 Å². The van der Waals surface area contributed by atoms with Crippen LogP contribution in [0, 0.1) is 0 Å². The Morgan fingerprint density at radius 3 is 2.76 bits per heavy atom. The molecule has 4 nitrogen and oxygen atoms in total. The number of aldehydes is 1. The first-order chi connectivity index (χ1) is 10.2. The molecule has 1 saturated heterocycles. The number of nitrogens with zero attached hydrogens (tertiary/aromatic N) is 2. The second-order valence-electron chi connectivity index (χ2n) is 5.24. The maximum absolute atomic E-state index is 11.3. The van der Waals surface area contributed by atoms with Gasteiger partial charge in [-0.15, -0.1) is 0 Å². The topological polar surface area (TPSA) is 42.4 Å². The summed E-state index contributed by atoms with van der Waals surface area (Å²) in [5.41, 5.74) is 1.75. The van der Waals surface area contributed by atoms with E-state index in [1.807, 2.05) is 37.4 Å². The first-order valence-electron chi connectivity index (χ1n) is 7.06. The standard InChI is InChI=1S/C16H18N2O2S/c1-11-13(8-9-20-11)18(2)16-17-15(14(10-19)21-16)12-6-4-3-5-7-12/h3-7,10-11,13H,8-9H2,1-2H3. The van der Waals surface area contributed by atoms with Crippen molar-refractivity contribution in [3.63, 3.8) is 0 Å². The molecule has 0 amide bonds. The normalized spacial score (nSPS) is 21.4. The van der Waals surface area contributed by atoms with Crippen LogP contribution in [-0.2, 0) is 4.74 Å². The van der Waals surface area contributed by atoms with E-state index in [-0.39, 0.29) is 6.10 Å². The molecule has 0 saturated carbocycles. The summed E-state index contributed by atoms with van der Waals surface area (Å²) < 4.78 is 5.62. The van der Waals surface area contributed by atoms with Gasteiger partial charge in [0.25, 0.3) is 0 Å². The summed E-state index contributed by atoms with van der Waals surface area (Å²) >= 11 is 1.44. The fraction of sp³-hybridized carbons (Fsp3) is 0.375. The SMILES string of the molecule is CC1OCCC1N(C)c1nc(-c2ccccc2)c(C=O)s1. The third-order valence-corrected chi connectivity index (χ3v) is 5.00. The molecule has 0 bridgehead atoms. The number of anilines is 1. The van der Waals surface area contributed by atoms with Gasteiger partial charge in [0, 0.05) is 19.2 Å². The molecular weight excluding hydrogens is 284 g/mol. The lowest BCUT2D eigenvalue weighted by molar-refractivity contribution is 0.112. The van der Waals surface area contributed by atoms with Gasteiger partial charge in [-0.1, -0.05) is 41.7 Å². The monoisotopic (exact) mass is 302 g/mol. The second-order valence-corrected chi connectivity index (χ2v) is 6.25. The predicted octanol–water partition coefficient (Wildman–Crippen LogP) is 3.24. The summed E-state index contributed by atoms with van der Waals surface area (Å²) in [6.45, 7) is 2.87. The van der Waals surface area contributed by atoms with Crippen LogP contribution in [0.4, 0.5) is 5.13 Å². The molecule has 0 N–H and O–H groups in total. The van der Waals surface area contributed by atoms with Gasteiger partial charge in [0.2, 0.25) is 0 Å². The highest BCUT2D eigenvalue weighted by atomic mass is 32.1. The van der Waals surface area contributed by atoms with Gasteiger partial charge < -0.3 is 9.64 Å². The molecule has 1 aromatic heterocycles. The van der Waals surface area contributed by atoms with Crippen LogP contribution < -0.4 is 4.90 Å². The van der Waals surface area contributed by atoms with Crippen LogP contribution in [0.25, 0.3) is 11.3 Å². The van der Waals surface area contributed by atoms with Crippen molar-refractivity contribution < 1.29 is 9.53 Å². The molecule has 2 unspecified atom stereocenters. The Morgan fingerprint density at radius 1 is 1.38 bits per heavy atom. The fourth-order valence-electron chi connectivity index (χ4n) is 2.72. The molecule has 1 aliphatic heterocycles. The van der Waals surface area contributed by atoms with Gasteiger partial charge in [-0.25, -0.2) is 4.98 Å².